The number of ether oxygens (including phenoxy) is 3. The summed E-state index contributed by atoms with van der Waals surface area (Å²) in [6.07, 6.45) is -1.44. The van der Waals surface area contributed by atoms with Gasteiger partial charge in [0.05, 0.1) is 13.7 Å². The minimum absolute atomic E-state index is 0.00207. The number of halogens is 3. The van der Waals surface area contributed by atoms with Gasteiger partial charge < -0.3 is 34.0 Å². The summed E-state index contributed by atoms with van der Waals surface area (Å²) in [5.41, 5.74) is 2.20. The van der Waals surface area contributed by atoms with Gasteiger partial charge in [0, 0.05) is 55.9 Å². The number of amides is 1. The number of piperidine rings is 1. The van der Waals surface area contributed by atoms with Gasteiger partial charge in [-0.05, 0) is 73.0 Å². The van der Waals surface area contributed by atoms with E-state index < -0.39 is 18.1 Å². The molecule has 49 heavy (non-hydrogen) atoms. The molecular weight excluding hydrogens is 643 g/mol. The molecule has 0 aromatic heterocycles. The van der Waals surface area contributed by atoms with Crippen LogP contribution in [0.25, 0.3) is 10.8 Å². The van der Waals surface area contributed by atoms with Crippen LogP contribution in [0.5, 0.6) is 11.5 Å². The number of fused-ring (bicyclic) bond motifs is 1. The Morgan fingerprint density at radius 1 is 0.878 bits per heavy atom. The first kappa shape index (κ1) is 37.3. The van der Waals surface area contributed by atoms with Gasteiger partial charge in [0.1, 0.15) is 11.5 Å². The molecule has 2 saturated heterocycles. The van der Waals surface area contributed by atoms with Crippen molar-refractivity contribution in [3.05, 3.63) is 66.2 Å². The molecule has 1 N–H and O–H groups in total. The number of carbonyl (C=O) groups is 3. The van der Waals surface area contributed by atoms with Crippen LogP contribution in [0.1, 0.15) is 43.5 Å². The standard InChI is InChI=1S/C34H43N3O5.C2HF3O2/c1-34(2)16-6-17-35(25-34)18-7-23-41-27-12-10-26(11-13-27)36-19-21-37(22-20-36)33(39)30-14-15-31(42-24-32(38)40-3)29-9-5-4-8-28(29)30;3-2(4,5)1(6)7/h4-5,8-15H,6-7,16-25H2,1-3H3;(H,6,7). The largest absolute Gasteiger partial charge is 0.494 e. The Hall–Kier alpha value is -4.52. The maximum absolute atomic E-state index is 13.6. The molecule has 0 spiro atoms. The molecular formula is C36H44F3N3O7. The number of anilines is 1. The Kier molecular flexibility index (Phi) is 12.7. The van der Waals surface area contributed by atoms with Gasteiger partial charge in [0.25, 0.3) is 5.91 Å². The van der Waals surface area contributed by atoms with E-state index in [0.717, 1.165) is 54.9 Å². The number of esters is 1. The van der Waals surface area contributed by atoms with E-state index in [1.54, 1.807) is 12.1 Å². The molecule has 2 aliphatic heterocycles. The van der Waals surface area contributed by atoms with E-state index in [4.69, 9.17) is 19.4 Å². The van der Waals surface area contributed by atoms with Gasteiger partial charge in [0.15, 0.2) is 6.61 Å². The topological polar surface area (TPSA) is 109 Å². The summed E-state index contributed by atoms with van der Waals surface area (Å²) in [5, 5.41) is 8.73. The van der Waals surface area contributed by atoms with Crippen LogP contribution in [-0.4, -0.2) is 105 Å². The molecule has 1 amide bonds. The second kappa shape index (κ2) is 16.7. The maximum atomic E-state index is 13.6. The van der Waals surface area contributed by atoms with Gasteiger partial charge >= 0.3 is 18.1 Å². The number of piperazine rings is 1. The highest BCUT2D eigenvalue weighted by atomic mass is 19.4. The van der Waals surface area contributed by atoms with Crippen molar-refractivity contribution in [1.29, 1.82) is 0 Å². The number of hydrogen-bond donors (Lipinski definition) is 1. The Balaban J connectivity index is 0.000000698. The fraction of sp³-hybridized carbons (Fsp3) is 0.472. The van der Waals surface area contributed by atoms with E-state index in [-0.39, 0.29) is 12.5 Å². The van der Waals surface area contributed by atoms with E-state index in [0.29, 0.717) is 29.8 Å². The average Bonchev–Trinajstić information content (AvgIpc) is 3.08. The molecule has 5 rings (SSSR count). The van der Waals surface area contributed by atoms with E-state index in [1.807, 2.05) is 41.3 Å². The van der Waals surface area contributed by atoms with Crippen LogP contribution in [0.2, 0.25) is 0 Å². The SMILES string of the molecule is COC(=O)COc1ccc(C(=O)N2CCN(c3ccc(OCCCN4CCCC(C)(C)C4)cc3)CC2)c2ccccc12.O=C(O)C(F)(F)F. The first-order valence-electron chi connectivity index (χ1n) is 16.3. The predicted molar refractivity (Wildman–Crippen MR) is 179 cm³/mol. The zero-order valence-corrected chi connectivity index (χ0v) is 28.1. The van der Waals surface area contributed by atoms with Crippen molar-refractivity contribution in [3.63, 3.8) is 0 Å². The molecule has 3 aromatic carbocycles. The summed E-state index contributed by atoms with van der Waals surface area (Å²) in [4.78, 5) is 40.8. The van der Waals surface area contributed by atoms with Crippen LogP contribution in [0, 0.1) is 5.41 Å². The summed E-state index contributed by atoms with van der Waals surface area (Å²) in [6, 6.07) is 19.5. The van der Waals surface area contributed by atoms with Crippen LogP contribution < -0.4 is 14.4 Å². The highest BCUT2D eigenvalue weighted by molar-refractivity contribution is 6.08. The van der Waals surface area contributed by atoms with Crippen LogP contribution in [0.4, 0.5) is 18.9 Å². The second-order valence-corrected chi connectivity index (χ2v) is 12.8. The van der Waals surface area contributed by atoms with Crippen LogP contribution in [-0.2, 0) is 14.3 Å². The minimum atomic E-state index is -5.08. The molecule has 0 bridgehead atoms. The number of hydrogen-bond acceptors (Lipinski definition) is 8. The Morgan fingerprint density at radius 3 is 2.14 bits per heavy atom. The quantitative estimate of drug-likeness (QED) is 0.207. The van der Waals surface area contributed by atoms with Crippen molar-refractivity contribution in [2.45, 2.75) is 39.3 Å². The summed E-state index contributed by atoms with van der Waals surface area (Å²) >= 11 is 0. The van der Waals surface area contributed by atoms with Gasteiger partial charge in [0.2, 0.25) is 0 Å². The molecule has 0 saturated carbocycles. The Morgan fingerprint density at radius 2 is 1.53 bits per heavy atom. The fourth-order valence-corrected chi connectivity index (χ4v) is 6.08. The van der Waals surface area contributed by atoms with Crippen molar-refractivity contribution in [2.24, 2.45) is 5.41 Å². The zero-order chi connectivity index (χ0) is 35.6. The third-order valence-corrected chi connectivity index (χ3v) is 8.57. The summed E-state index contributed by atoms with van der Waals surface area (Å²) in [5.74, 6) is -1.75. The van der Waals surface area contributed by atoms with Crippen molar-refractivity contribution >= 4 is 34.3 Å². The molecule has 0 aliphatic carbocycles. The fourth-order valence-electron chi connectivity index (χ4n) is 6.08. The van der Waals surface area contributed by atoms with Crippen molar-refractivity contribution in [1.82, 2.24) is 9.80 Å². The number of carboxylic acid groups (broad SMARTS) is 1. The molecule has 2 fully saturated rings. The summed E-state index contributed by atoms with van der Waals surface area (Å²) in [7, 11) is 1.33. The normalized spacial score (nSPS) is 16.4. The zero-order valence-electron chi connectivity index (χ0n) is 28.1. The third-order valence-electron chi connectivity index (χ3n) is 8.57. The lowest BCUT2D eigenvalue weighted by molar-refractivity contribution is -0.192. The van der Waals surface area contributed by atoms with E-state index in [9.17, 15) is 22.8 Å². The van der Waals surface area contributed by atoms with Crippen LogP contribution >= 0.6 is 0 Å². The molecule has 10 nitrogen and oxygen atoms in total. The van der Waals surface area contributed by atoms with E-state index >= 15 is 0 Å². The first-order chi connectivity index (χ1) is 23.3. The molecule has 13 heteroatoms. The first-order valence-corrected chi connectivity index (χ1v) is 16.3. The second-order valence-electron chi connectivity index (χ2n) is 12.8. The highest BCUT2D eigenvalue weighted by Gasteiger charge is 2.38. The number of benzene rings is 3. The van der Waals surface area contributed by atoms with Crippen molar-refractivity contribution < 1.29 is 46.9 Å². The van der Waals surface area contributed by atoms with Crippen molar-refractivity contribution in [3.8, 4) is 11.5 Å². The monoisotopic (exact) mass is 687 g/mol. The number of carboxylic acids is 1. The molecule has 0 unspecified atom stereocenters. The van der Waals surface area contributed by atoms with Gasteiger partial charge in [-0.15, -0.1) is 0 Å². The highest BCUT2D eigenvalue weighted by Crippen LogP contribution is 2.31. The maximum Gasteiger partial charge on any atom is 0.490 e. The lowest BCUT2D eigenvalue weighted by atomic mass is 9.84. The molecule has 2 aliphatic rings. The minimum Gasteiger partial charge on any atom is -0.494 e. The van der Waals surface area contributed by atoms with E-state index in [1.165, 1.54) is 33.0 Å². The van der Waals surface area contributed by atoms with Gasteiger partial charge in [-0.1, -0.05) is 38.1 Å². The van der Waals surface area contributed by atoms with Gasteiger partial charge in [-0.25, -0.2) is 9.59 Å². The number of aliphatic carboxylic acids is 1. The lowest BCUT2D eigenvalue weighted by Crippen LogP contribution is -2.48. The number of likely N-dealkylation sites (tertiary alicyclic amines) is 1. The molecule has 0 atom stereocenters. The number of carbonyl (C=O) groups excluding carboxylic acids is 2. The summed E-state index contributed by atoms with van der Waals surface area (Å²) in [6.45, 7) is 11.5. The van der Waals surface area contributed by atoms with Crippen molar-refractivity contribution in [2.75, 3.05) is 71.0 Å². The van der Waals surface area contributed by atoms with E-state index in [2.05, 4.69) is 40.5 Å². The molecule has 266 valence electrons. The molecule has 0 radical (unpaired) electrons. The number of methoxy groups -OCH3 is 1. The molecule has 3 aromatic rings. The number of rotatable bonds is 10. The Bertz CT molecular complexity index is 1570. The number of nitrogens with zero attached hydrogens (tertiary/aromatic N) is 3. The predicted octanol–water partition coefficient (Wildman–Crippen LogP) is 5.88. The Labute approximate surface area is 284 Å². The average molecular weight is 688 g/mol. The van der Waals surface area contributed by atoms with Crippen LogP contribution in [0.15, 0.2) is 60.7 Å². The third kappa shape index (κ3) is 10.7. The van der Waals surface area contributed by atoms with Gasteiger partial charge in [-0.2, -0.15) is 13.2 Å². The smallest absolute Gasteiger partial charge is 0.490 e. The summed E-state index contributed by atoms with van der Waals surface area (Å²) < 4.78 is 48.1. The van der Waals surface area contributed by atoms with Crippen LogP contribution in [0.3, 0.4) is 0 Å². The molecule has 2 heterocycles. The number of alkyl halides is 3. The van der Waals surface area contributed by atoms with Gasteiger partial charge in [-0.3, -0.25) is 4.79 Å². The lowest BCUT2D eigenvalue weighted by Gasteiger charge is -2.38.